The Morgan fingerprint density at radius 3 is 2.38 bits per heavy atom. The molecule has 1 aromatic carbocycles. The van der Waals surface area contributed by atoms with Gasteiger partial charge < -0.3 is 15.0 Å². The van der Waals surface area contributed by atoms with Crippen molar-refractivity contribution in [2.75, 3.05) is 53.0 Å². The smallest absolute Gasteiger partial charge is 0.379 e. The number of morpholine rings is 1. The number of carbonyl (C=O) groups is 3. The van der Waals surface area contributed by atoms with Crippen molar-refractivity contribution < 1.29 is 32.3 Å². The molecule has 0 spiro atoms. The van der Waals surface area contributed by atoms with Crippen LogP contribution in [-0.2, 0) is 20.5 Å². The monoisotopic (exact) mass is 456 g/mol. The second-order valence-corrected chi connectivity index (χ2v) is 7.88. The summed E-state index contributed by atoms with van der Waals surface area (Å²) >= 11 is 0. The molecular weight excluding hydrogens is 429 g/mol. The van der Waals surface area contributed by atoms with Gasteiger partial charge in [-0.1, -0.05) is 12.1 Å². The van der Waals surface area contributed by atoms with Gasteiger partial charge in [-0.15, -0.1) is 0 Å². The van der Waals surface area contributed by atoms with Crippen LogP contribution < -0.4 is 5.32 Å². The lowest BCUT2D eigenvalue weighted by atomic mass is 10.0. The Bertz CT molecular complexity index is 825. The SMILES string of the molecule is CN1CC(=O)N(CCCC(=O)NCC(c2ccc(C(F)(F)F)cc2)N2CCOCC2)C1=O. The quantitative estimate of drug-likeness (QED) is 0.604. The molecule has 0 aliphatic carbocycles. The molecule has 0 aromatic heterocycles. The van der Waals surface area contributed by atoms with Gasteiger partial charge in [0.2, 0.25) is 11.8 Å². The first-order valence-electron chi connectivity index (χ1n) is 10.5. The largest absolute Gasteiger partial charge is 0.416 e. The zero-order valence-electron chi connectivity index (χ0n) is 17.9. The summed E-state index contributed by atoms with van der Waals surface area (Å²) in [4.78, 5) is 40.5. The van der Waals surface area contributed by atoms with Crippen molar-refractivity contribution in [2.24, 2.45) is 0 Å². The molecule has 0 radical (unpaired) electrons. The Hall–Kier alpha value is -2.66. The zero-order valence-corrected chi connectivity index (χ0v) is 17.9. The first kappa shape index (κ1) is 24.0. The van der Waals surface area contributed by atoms with E-state index in [-0.39, 0.29) is 49.9 Å². The van der Waals surface area contributed by atoms with Gasteiger partial charge in [0.1, 0.15) is 6.54 Å². The van der Waals surface area contributed by atoms with Crippen LogP contribution in [0.4, 0.5) is 18.0 Å². The minimum Gasteiger partial charge on any atom is -0.379 e. The fourth-order valence-electron chi connectivity index (χ4n) is 3.83. The maximum Gasteiger partial charge on any atom is 0.416 e. The van der Waals surface area contributed by atoms with E-state index < -0.39 is 11.7 Å². The van der Waals surface area contributed by atoms with Crippen LogP contribution in [0.5, 0.6) is 0 Å². The number of hydrogen-bond donors (Lipinski definition) is 1. The molecule has 11 heteroatoms. The minimum absolute atomic E-state index is 0.0411. The summed E-state index contributed by atoms with van der Waals surface area (Å²) in [6.45, 7) is 2.67. The van der Waals surface area contributed by atoms with Crippen molar-refractivity contribution in [1.82, 2.24) is 20.0 Å². The van der Waals surface area contributed by atoms with E-state index in [9.17, 15) is 27.6 Å². The second-order valence-electron chi connectivity index (χ2n) is 7.88. The molecule has 0 bridgehead atoms. The van der Waals surface area contributed by atoms with Crippen LogP contribution in [0, 0.1) is 0 Å². The Labute approximate surface area is 184 Å². The maximum atomic E-state index is 12.9. The number of nitrogens with zero attached hydrogens (tertiary/aromatic N) is 3. The zero-order chi connectivity index (χ0) is 23.3. The first-order chi connectivity index (χ1) is 15.2. The normalized spacial score (nSPS) is 18.9. The molecule has 2 heterocycles. The highest BCUT2D eigenvalue weighted by Crippen LogP contribution is 2.31. The average molecular weight is 456 g/mol. The van der Waals surface area contributed by atoms with Gasteiger partial charge in [0.15, 0.2) is 0 Å². The van der Waals surface area contributed by atoms with Crippen LogP contribution in [0.3, 0.4) is 0 Å². The predicted molar refractivity (Wildman–Crippen MR) is 109 cm³/mol. The van der Waals surface area contributed by atoms with Crippen molar-refractivity contribution >= 4 is 17.8 Å². The molecule has 3 rings (SSSR count). The van der Waals surface area contributed by atoms with Crippen LogP contribution in [0.1, 0.15) is 30.0 Å². The molecule has 4 amide bonds. The van der Waals surface area contributed by atoms with E-state index in [0.717, 1.165) is 17.0 Å². The van der Waals surface area contributed by atoms with Gasteiger partial charge in [0.05, 0.1) is 24.8 Å². The van der Waals surface area contributed by atoms with Crippen LogP contribution in [0.15, 0.2) is 24.3 Å². The molecule has 2 aliphatic rings. The lowest BCUT2D eigenvalue weighted by molar-refractivity contribution is -0.137. The van der Waals surface area contributed by atoms with E-state index in [1.165, 1.54) is 17.0 Å². The molecule has 2 fully saturated rings. The standard InChI is InChI=1S/C21H27F3N4O4/c1-26-14-19(30)28(20(26)31)8-2-3-18(29)25-13-17(27-9-11-32-12-10-27)15-4-6-16(7-5-15)21(22,23)24/h4-7,17H,2-3,8-14H2,1H3,(H,25,29). The van der Waals surface area contributed by atoms with Crippen molar-refractivity contribution in [1.29, 1.82) is 0 Å². The number of amides is 4. The summed E-state index contributed by atoms with van der Waals surface area (Å²) in [6.07, 6.45) is -3.95. The van der Waals surface area contributed by atoms with Crippen LogP contribution in [0.25, 0.3) is 0 Å². The summed E-state index contributed by atoms with van der Waals surface area (Å²) < 4.78 is 44.1. The molecule has 32 heavy (non-hydrogen) atoms. The van der Waals surface area contributed by atoms with Crippen molar-refractivity contribution in [2.45, 2.75) is 25.1 Å². The van der Waals surface area contributed by atoms with E-state index in [1.807, 2.05) is 0 Å². The number of imide groups is 1. The summed E-state index contributed by atoms with van der Waals surface area (Å²) in [5, 5.41) is 2.84. The van der Waals surface area contributed by atoms with E-state index in [1.54, 1.807) is 7.05 Å². The summed E-state index contributed by atoms with van der Waals surface area (Å²) in [5.41, 5.74) is -0.0424. The number of benzene rings is 1. The van der Waals surface area contributed by atoms with E-state index in [4.69, 9.17) is 4.74 Å². The fourth-order valence-corrected chi connectivity index (χ4v) is 3.83. The molecule has 1 aromatic rings. The number of nitrogens with one attached hydrogen (secondary N) is 1. The second kappa shape index (κ2) is 10.3. The number of halogens is 3. The molecular formula is C21H27F3N4O4. The molecule has 2 saturated heterocycles. The lowest BCUT2D eigenvalue weighted by Crippen LogP contribution is -2.44. The number of likely N-dealkylation sites (N-methyl/N-ethyl adjacent to an activating group) is 1. The maximum absolute atomic E-state index is 12.9. The Kier molecular flexibility index (Phi) is 7.73. The third-order valence-electron chi connectivity index (χ3n) is 5.62. The molecule has 176 valence electrons. The van der Waals surface area contributed by atoms with Gasteiger partial charge in [0.25, 0.3) is 0 Å². The summed E-state index contributed by atoms with van der Waals surface area (Å²) in [6, 6.07) is 4.31. The molecule has 1 unspecified atom stereocenters. The van der Waals surface area contributed by atoms with Gasteiger partial charge in [-0.25, -0.2) is 4.79 Å². The molecule has 2 aliphatic heterocycles. The molecule has 1 N–H and O–H groups in total. The highest BCUT2D eigenvalue weighted by Gasteiger charge is 2.33. The van der Waals surface area contributed by atoms with Gasteiger partial charge in [-0.3, -0.25) is 19.4 Å². The number of urea groups is 1. The summed E-state index contributed by atoms with van der Waals surface area (Å²) in [7, 11) is 1.54. The average Bonchev–Trinajstić information content (AvgIpc) is 3.00. The lowest BCUT2D eigenvalue weighted by Gasteiger charge is -2.35. The van der Waals surface area contributed by atoms with Crippen LogP contribution in [-0.4, -0.2) is 85.5 Å². The van der Waals surface area contributed by atoms with Crippen molar-refractivity contribution in [3.8, 4) is 0 Å². The number of alkyl halides is 3. The highest BCUT2D eigenvalue weighted by molar-refractivity contribution is 6.01. The Morgan fingerprint density at radius 2 is 1.81 bits per heavy atom. The highest BCUT2D eigenvalue weighted by atomic mass is 19.4. The van der Waals surface area contributed by atoms with Crippen molar-refractivity contribution in [3.05, 3.63) is 35.4 Å². The number of rotatable bonds is 8. The third-order valence-corrected chi connectivity index (χ3v) is 5.62. The number of carbonyl (C=O) groups excluding carboxylic acids is 3. The third kappa shape index (κ3) is 5.98. The van der Waals surface area contributed by atoms with E-state index in [0.29, 0.717) is 38.3 Å². The Morgan fingerprint density at radius 1 is 1.16 bits per heavy atom. The van der Waals surface area contributed by atoms with Crippen molar-refractivity contribution in [3.63, 3.8) is 0 Å². The van der Waals surface area contributed by atoms with Gasteiger partial charge in [-0.05, 0) is 24.1 Å². The fraction of sp³-hybridized carbons (Fsp3) is 0.571. The van der Waals surface area contributed by atoms with Gasteiger partial charge in [-0.2, -0.15) is 13.2 Å². The Balaban J connectivity index is 1.56. The number of ether oxygens (including phenoxy) is 1. The summed E-state index contributed by atoms with van der Waals surface area (Å²) in [5.74, 6) is -0.532. The van der Waals surface area contributed by atoms with Gasteiger partial charge >= 0.3 is 12.2 Å². The molecule has 0 saturated carbocycles. The first-order valence-corrected chi connectivity index (χ1v) is 10.5. The molecule has 8 nitrogen and oxygen atoms in total. The topological polar surface area (TPSA) is 82.2 Å². The number of hydrogen-bond acceptors (Lipinski definition) is 5. The van der Waals surface area contributed by atoms with Crippen LogP contribution >= 0.6 is 0 Å². The predicted octanol–water partition coefficient (Wildman–Crippen LogP) is 1.87. The van der Waals surface area contributed by atoms with Gasteiger partial charge in [0, 0.05) is 39.6 Å². The van der Waals surface area contributed by atoms with E-state index >= 15 is 0 Å². The van der Waals surface area contributed by atoms with Crippen LogP contribution in [0.2, 0.25) is 0 Å². The minimum atomic E-state index is -4.41. The van der Waals surface area contributed by atoms with E-state index in [2.05, 4.69) is 10.2 Å². The molecule has 1 atom stereocenters.